The maximum Gasteiger partial charge on any atom is 0.267 e. The van der Waals surface area contributed by atoms with E-state index in [1.165, 1.54) is 32.7 Å². The van der Waals surface area contributed by atoms with Crippen LogP contribution in [0.4, 0.5) is 0 Å². The van der Waals surface area contributed by atoms with E-state index in [9.17, 15) is 0 Å². The van der Waals surface area contributed by atoms with Crippen molar-refractivity contribution < 1.29 is 25.6 Å². The Morgan fingerprint density at radius 2 is 1.17 bits per heavy atom. The molecule has 0 atom stereocenters. The minimum atomic E-state index is -0.186. The molecule has 0 aliphatic heterocycles. The minimum Gasteiger partial charge on any atom is -0.321 e. The summed E-state index contributed by atoms with van der Waals surface area (Å²) in [6, 6.07) is 47.7. The van der Waals surface area contributed by atoms with Crippen molar-refractivity contribution in [1.29, 1.82) is 0 Å². The number of hydrogen-bond acceptors (Lipinski definition) is 1. The van der Waals surface area contributed by atoms with Crippen LogP contribution in [0.15, 0.2) is 128 Å². The third-order valence-corrected chi connectivity index (χ3v) is 9.95. The van der Waals surface area contributed by atoms with Crippen LogP contribution in [-0.2, 0) is 31.9 Å². The third-order valence-electron chi connectivity index (χ3n) is 9.95. The first kappa shape index (κ1) is 33.9. The van der Waals surface area contributed by atoms with Gasteiger partial charge in [0.05, 0.1) is 16.7 Å². The molecule has 5 aromatic carbocycles. The van der Waals surface area contributed by atoms with Crippen molar-refractivity contribution in [2.45, 2.75) is 52.4 Å². The molecule has 0 aliphatic carbocycles. The molecular formula is C46H39N5Pt-2. The standard InChI is InChI=1S/C46H39N5.Pt/c1-45(2,3)31-23-25-32(26-24-31)48-27-28-49(30-48)34-17-14-18-35(29-34)51-39-22-13-11-20-37(39)41-42(46(4,5)6)40-36-19-10-12-21-38(36)50(43(40)47-44(41)51)33-15-8-7-9-16-33;/h7-15,17-28H,1-6H3;/q-2;. The molecule has 9 rings (SSSR count). The summed E-state index contributed by atoms with van der Waals surface area (Å²) in [6.07, 6.45) is 7.59. The van der Waals surface area contributed by atoms with E-state index < -0.39 is 0 Å². The van der Waals surface area contributed by atoms with Gasteiger partial charge in [-0.15, -0.1) is 12.1 Å². The van der Waals surface area contributed by atoms with Gasteiger partial charge in [0.15, 0.2) is 0 Å². The number of aromatic nitrogens is 5. The van der Waals surface area contributed by atoms with Crippen molar-refractivity contribution in [2.75, 3.05) is 0 Å². The molecule has 9 aromatic rings. The van der Waals surface area contributed by atoms with Crippen molar-refractivity contribution >= 4 is 43.9 Å². The number of nitrogens with zero attached hydrogens (tertiary/aromatic N) is 5. The van der Waals surface area contributed by atoms with E-state index in [1.807, 2.05) is 33.7 Å². The summed E-state index contributed by atoms with van der Waals surface area (Å²) in [7, 11) is 0. The Labute approximate surface area is 319 Å². The topological polar surface area (TPSA) is 31.6 Å². The third kappa shape index (κ3) is 5.42. The van der Waals surface area contributed by atoms with Gasteiger partial charge in [-0.2, -0.15) is 42.5 Å². The minimum absolute atomic E-state index is 0. The zero-order valence-electron chi connectivity index (χ0n) is 30.2. The summed E-state index contributed by atoms with van der Waals surface area (Å²) in [5.41, 5.74) is 10.4. The van der Waals surface area contributed by atoms with E-state index in [0.29, 0.717) is 0 Å². The normalized spacial score (nSPS) is 12.3. The molecule has 52 heavy (non-hydrogen) atoms. The Balaban J connectivity index is 0.00000387. The fourth-order valence-corrected chi connectivity index (χ4v) is 7.58. The van der Waals surface area contributed by atoms with Crippen LogP contribution in [-0.4, -0.2) is 18.7 Å². The van der Waals surface area contributed by atoms with Gasteiger partial charge in [0.1, 0.15) is 11.3 Å². The molecule has 0 saturated heterocycles. The van der Waals surface area contributed by atoms with Crippen molar-refractivity contribution in [3.63, 3.8) is 0 Å². The van der Waals surface area contributed by atoms with Crippen molar-refractivity contribution in [3.8, 4) is 22.7 Å². The van der Waals surface area contributed by atoms with Crippen LogP contribution in [0.3, 0.4) is 0 Å². The molecule has 4 heterocycles. The first-order chi connectivity index (χ1) is 24.6. The maximum atomic E-state index is 5.62. The average Bonchev–Trinajstić information content (AvgIpc) is 3.84. The Hall–Kier alpha value is -5.25. The first-order valence-electron chi connectivity index (χ1n) is 17.6. The summed E-state index contributed by atoms with van der Waals surface area (Å²) in [4.78, 5) is 5.62. The number of fused-ring (bicyclic) bond motifs is 6. The Morgan fingerprint density at radius 1 is 0.596 bits per heavy atom. The summed E-state index contributed by atoms with van der Waals surface area (Å²) in [6.45, 7) is 13.7. The molecule has 0 radical (unpaired) electrons. The van der Waals surface area contributed by atoms with Crippen molar-refractivity contribution in [3.05, 3.63) is 157 Å². The van der Waals surface area contributed by atoms with Crippen molar-refractivity contribution in [2.24, 2.45) is 0 Å². The fourth-order valence-electron chi connectivity index (χ4n) is 7.58. The predicted molar refractivity (Wildman–Crippen MR) is 208 cm³/mol. The van der Waals surface area contributed by atoms with Crippen LogP contribution in [0, 0.1) is 18.5 Å². The molecule has 4 aromatic heterocycles. The Bertz CT molecular complexity index is 2750. The van der Waals surface area contributed by atoms with Gasteiger partial charge < -0.3 is 13.7 Å². The largest absolute Gasteiger partial charge is 0.321 e. The molecule has 0 bridgehead atoms. The quantitative estimate of drug-likeness (QED) is 0.128. The van der Waals surface area contributed by atoms with Gasteiger partial charge in [-0.1, -0.05) is 101 Å². The molecule has 5 nitrogen and oxygen atoms in total. The SMILES string of the molecule is CC(C)(C)c1ccc(-[n+]2[c-]n(-c3[c-]c(-n4c5ccccc5c5c(C(C)(C)C)c6c7ccccc7n(-c7[c-]cccc7)c6nc54)ccc3)cc2)cc1.[Pt]. The summed E-state index contributed by atoms with van der Waals surface area (Å²) in [5, 5.41) is 4.73. The monoisotopic (exact) mass is 856 g/mol. The molecule has 0 fully saturated rings. The first-order valence-corrected chi connectivity index (χ1v) is 17.6. The van der Waals surface area contributed by atoms with Crippen molar-refractivity contribution in [1.82, 2.24) is 18.7 Å². The van der Waals surface area contributed by atoms with E-state index in [4.69, 9.17) is 4.98 Å². The van der Waals surface area contributed by atoms with Gasteiger partial charge >= 0.3 is 0 Å². The van der Waals surface area contributed by atoms with Gasteiger partial charge in [-0.05, 0) is 51.9 Å². The Kier molecular flexibility index (Phi) is 8.11. The van der Waals surface area contributed by atoms with E-state index in [1.54, 1.807) is 0 Å². The van der Waals surface area contributed by atoms with Gasteiger partial charge in [-0.25, -0.2) is 4.98 Å². The zero-order valence-corrected chi connectivity index (χ0v) is 32.4. The molecule has 0 N–H and O–H groups in total. The fraction of sp³-hybridized carbons (Fsp3) is 0.174. The second-order valence-corrected chi connectivity index (χ2v) is 15.4. The zero-order chi connectivity index (χ0) is 35.1. The van der Waals surface area contributed by atoms with Gasteiger partial charge in [0.25, 0.3) is 6.33 Å². The molecular weight excluding hydrogens is 818 g/mol. The predicted octanol–water partition coefficient (Wildman–Crippen LogP) is 10.3. The number of benzene rings is 5. The van der Waals surface area contributed by atoms with Gasteiger partial charge in [0.2, 0.25) is 0 Å². The van der Waals surface area contributed by atoms with E-state index in [0.717, 1.165) is 45.1 Å². The molecule has 0 unspecified atom stereocenters. The number of pyridine rings is 1. The van der Waals surface area contributed by atoms with E-state index in [2.05, 4.69) is 172 Å². The summed E-state index contributed by atoms with van der Waals surface area (Å²) < 4.78 is 8.58. The van der Waals surface area contributed by atoms with Crippen LogP contribution in [0.25, 0.3) is 66.6 Å². The smallest absolute Gasteiger partial charge is 0.267 e. The number of rotatable bonds is 4. The molecule has 0 aliphatic rings. The van der Waals surface area contributed by atoms with E-state index >= 15 is 0 Å². The molecule has 260 valence electrons. The van der Waals surface area contributed by atoms with Gasteiger partial charge in [-0.3, -0.25) is 4.57 Å². The Morgan fingerprint density at radius 3 is 1.77 bits per heavy atom. The van der Waals surface area contributed by atoms with E-state index in [-0.39, 0.29) is 31.9 Å². The summed E-state index contributed by atoms with van der Waals surface area (Å²) in [5.74, 6) is 0. The molecule has 6 heteroatoms. The van der Waals surface area contributed by atoms with Crippen LogP contribution in [0.2, 0.25) is 0 Å². The van der Waals surface area contributed by atoms with Crippen LogP contribution >= 0.6 is 0 Å². The maximum absolute atomic E-state index is 5.62. The second-order valence-electron chi connectivity index (χ2n) is 15.4. The second kappa shape index (κ2) is 12.5. The summed E-state index contributed by atoms with van der Waals surface area (Å²) >= 11 is 0. The molecule has 0 amide bonds. The van der Waals surface area contributed by atoms with Crippen LogP contribution < -0.4 is 4.57 Å². The number of hydrogen-bond donors (Lipinski definition) is 0. The van der Waals surface area contributed by atoms with Crippen LogP contribution in [0.5, 0.6) is 0 Å². The molecule has 0 saturated carbocycles. The molecule has 0 spiro atoms. The average molecular weight is 857 g/mol. The number of imidazole rings is 1. The van der Waals surface area contributed by atoms with Crippen LogP contribution in [0.1, 0.15) is 52.7 Å². The number of para-hydroxylation sites is 3. The van der Waals surface area contributed by atoms with Gasteiger partial charge in [0, 0.05) is 55.0 Å².